The van der Waals surface area contributed by atoms with E-state index in [4.69, 9.17) is 86.9 Å². The Hall–Kier alpha value is -11.1. The summed E-state index contributed by atoms with van der Waals surface area (Å²) in [5.41, 5.74) is 13.8. The van der Waals surface area contributed by atoms with Crippen molar-refractivity contribution in [2.24, 2.45) is 0 Å². The van der Waals surface area contributed by atoms with E-state index in [0.717, 1.165) is 0 Å². The normalized spacial score (nSPS) is 10.5. The molecule has 98 heavy (non-hydrogen) atoms. The molecule has 0 saturated heterocycles. The van der Waals surface area contributed by atoms with Crippen LogP contribution in [0.1, 0.15) is 62.1 Å². The third kappa shape index (κ3) is 18.7. The van der Waals surface area contributed by atoms with Crippen LogP contribution in [0.3, 0.4) is 0 Å². The molecule has 0 fully saturated rings. The summed E-state index contributed by atoms with van der Waals surface area (Å²) in [7, 11) is 0. The number of carbonyl (C=O) groups is 6. The summed E-state index contributed by atoms with van der Waals surface area (Å²) in [4.78, 5) is 101. The van der Waals surface area contributed by atoms with E-state index in [0.29, 0.717) is 99.6 Å². The molecule has 0 aliphatic rings. The molecule has 6 heterocycles. The molecule has 0 unspecified atom stereocenters. The van der Waals surface area contributed by atoms with E-state index < -0.39 is 29.5 Å². The Bertz CT molecular complexity index is 4710. The Morgan fingerprint density at radius 1 is 0.286 bits per heavy atom. The fourth-order valence-electron chi connectivity index (χ4n) is 9.04. The second kappa shape index (κ2) is 33.0. The number of anilines is 7. The maximum absolute atomic E-state index is 12.8. The van der Waals surface area contributed by atoms with Crippen molar-refractivity contribution in [2.75, 3.05) is 37.6 Å². The lowest BCUT2D eigenvalue weighted by Gasteiger charge is -2.11. The van der Waals surface area contributed by atoms with Gasteiger partial charge in [-0.3, -0.25) is 43.7 Å². The highest BCUT2D eigenvalue weighted by Gasteiger charge is 2.20. The number of hydrogen-bond donors (Lipinski definition) is 7. The van der Waals surface area contributed by atoms with Gasteiger partial charge in [-0.2, -0.15) is 0 Å². The van der Waals surface area contributed by atoms with E-state index in [2.05, 4.69) is 61.8 Å². The average molecular weight is 1440 g/mol. The summed E-state index contributed by atoms with van der Waals surface area (Å²) in [6.45, 7) is 0. The van der Waals surface area contributed by atoms with Crippen molar-refractivity contribution in [2.45, 2.75) is 0 Å². The predicted molar refractivity (Wildman–Crippen MR) is 388 cm³/mol. The second-order valence-electron chi connectivity index (χ2n) is 20.6. The van der Waals surface area contributed by atoms with E-state index >= 15 is 0 Å². The Balaban J connectivity index is 0.000000159. The molecule has 0 aliphatic carbocycles. The number of aromatic nitrogens is 6. The maximum Gasteiger partial charge on any atom is 0.257 e. The molecule has 6 amide bonds. The Labute approximate surface area is 594 Å². The number of nitrogen functional groups attached to an aromatic ring is 1. The van der Waals surface area contributed by atoms with Crippen LogP contribution in [0, 0.1) is 0 Å². The monoisotopic (exact) mass is 1440 g/mol. The van der Waals surface area contributed by atoms with Crippen LogP contribution in [0.5, 0.6) is 0 Å². The molecule has 12 aromatic rings. The predicted octanol–water partition coefficient (Wildman–Crippen LogP) is 18.1. The topological polar surface area (TPSA) is 278 Å². The number of pyridine rings is 6. The minimum atomic E-state index is -0.428. The molecule has 6 aromatic heterocycles. The van der Waals surface area contributed by atoms with Crippen molar-refractivity contribution < 1.29 is 28.8 Å². The van der Waals surface area contributed by atoms with Crippen molar-refractivity contribution in [1.82, 2.24) is 29.9 Å². The number of rotatable bonds is 15. The SMILES string of the molecule is Nc1ccc(NC(=O)c2ccc(C(=O)Nc3ccc(Cl)c(-c4ccccn4)c3)c(Cl)c2)cn1.O=C(Nc1ccc(Cl)nc1)c1ccc(C(=O)Nc2ccc(Cl)c(-c3ccccn3)c2)c(Cl)c1.O=C(Nc1ccccn1)c1ccc(C(=O)Nc2ccc(Cl)c(-c3ccccn3)c2)c(Cl)c1. The highest BCUT2D eigenvalue weighted by molar-refractivity contribution is 6.37. The van der Waals surface area contributed by atoms with E-state index in [-0.39, 0.29) is 48.8 Å². The molecular weight excluding hydrogens is 1390 g/mol. The van der Waals surface area contributed by atoms with Gasteiger partial charge >= 0.3 is 0 Å². The summed E-state index contributed by atoms with van der Waals surface area (Å²) in [5, 5.41) is 18.7. The number of amides is 6. The highest BCUT2D eigenvalue weighted by Crippen LogP contribution is 2.34. The largest absolute Gasteiger partial charge is 0.384 e. The smallest absolute Gasteiger partial charge is 0.257 e. The van der Waals surface area contributed by atoms with E-state index in [9.17, 15) is 28.8 Å². The Morgan fingerprint density at radius 3 is 0.939 bits per heavy atom. The second-order valence-corrected chi connectivity index (χ2v) is 23.4. The minimum absolute atomic E-state index is 0.133. The molecule has 19 nitrogen and oxygen atoms in total. The number of nitrogens with one attached hydrogen (secondary N) is 6. The number of nitrogens with two attached hydrogens (primary N) is 1. The van der Waals surface area contributed by atoms with Crippen LogP contribution < -0.4 is 37.6 Å². The Kier molecular flexibility index (Phi) is 23.5. The van der Waals surface area contributed by atoms with Crippen molar-refractivity contribution in [3.8, 4) is 33.8 Å². The van der Waals surface area contributed by atoms with Crippen molar-refractivity contribution in [3.05, 3.63) is 312 Å². The van der Waals surface area contributed by atoms with Gasteiger partial charge in [0.05, 0.1) is 87.7 Å². The third-order valence-corrected chi connectivity index (χ3v) is 16.0. The zero-order valence-corrected chi connectivity index (χ0v) is 55.7. The molecule has 6 aromatic carbocycles. The van der Waals surface area contributed by atoms with Gasteiger partial charge < -0.3 is 37.6 Å². The molecule has 0 radical (unpaired) electrons. The van der Waals surface area contributed by atoms with Crippen LogP contribution in [0.15, 0.2) is 243 Å². The fourth-order valence-corrected chi connectivity index (χ4v) is 10.6. The first-order valence-electron chi connectivity index (χ1n) is 29.0. The average Bonchev–Trinajstić information content (AvgIpc) is 0.849. The number of hydrogen-bond acceptors (Lipinski definition) is 13. The quantitative estimate of drug-likeness (QED) is 0.0471. The molecule has 0 aliphatic heterocycles. The van der Waals surface area contributed by atoms with Crippen LogP contribution in [0.2, 0.25) is 35.3 Å². The van der Waals surface area contributed by atoms with Gasteiger partial charge in [0.25, 0.3) is 35.4 Å². The molecule has 8 N–H and O–H groups in total. The van der Waals surface area contributed by atoms with Crippen LogP contribution in [-0.2, 0) is 0 Å². The first-order chi connectivity index (χ1) is 47.3. The summed E-state index contributed by atoms with van der Waals surface area (Å²) in [6, 6.07) is 56.7. The standard InChI is InChI=1S/C24H15Cl3N4O2.C24H17Cl2N5O2.C24H16Cl2N4O2/c2*25-19-8-5-15(12-18(19)21-3-1-2-10-28-21)30-24(33)17-7-4-14(11-20(17)26)23(32)31-16-6-9-22(27)29-13-16;25-19-10-8-16(14-18(19)21-5-1-3-11-27-21)29-24(32)17-9-7-15(13-20(17)26)23(31)30-22-6-2-4-12-28-22/h1-13H,(H,30,33)(H,31,32);1-13H,(H2,27,29)(H,30,33)(H,31,32);1-14H,(H,29,32)(H,28,30,31). The van der Waals surface area contributed by atoms with Crippen LogP contribution in [0.25, 0.3) is 33.8 Å². The van der Waals surface area contributed by atoms with Gasteiger partial charge in [0.2, 0.25) is 0 Å². The maximum atomic E-state index is 12.8. The summed E-state index contributed by atoms with van der Waals surface area (Å²) in [6.07, 6.45) is 9.46. The summed E-state index contributed by atoms with van der Waals surface area (Å²) in [5.74, 6) is -1.68. The lowest BCUT2D eigenvalue weighted by molar-refractivity contribution is 0.101. The molecule has 486 valence electrons. The Morgan fingerprint density at radius 2 is 0.622 bits per heavy atom. The molecule has 0 saturated carbocycles. The first-order valence-corrected chi connectivity index (χ1v) is 31.6. The summed E-state index contributed by atoms with van der Waals surface area (Å²) < 4.78 is 0. The number of nitrogens with zero attached hydrogens (tertiary/aromatic N) is 6. The van der Waals surface area contributed by atoms with Gasteiger partial charge in [0.1, 0.15) is 16.8 Å². The number of benzene rings is 6. The van der Waals surface area contributed by atoms with E-state index in [1.165, 1.54) is 67.0 Å². The van der Waals surface area contributed by atoms with Gasteiger partial charge in [0, 0.05) is 75.2 Å². The van der Waals surface area contributed by atoms with Gasteiger partial charge in [-0.1, -0.05) is 105 Å². The number of carbonyl (C=O) groups excluding carboxylic acids is 6. The molecule has 26 heteroatoms. The van der Waals surface area contributed by atoms with Crippen molar-refractivity contribution in [1.29, 1.82) is 0 Å². The third-order valence-electron chi connectivity index (χ3n) is 13.9. The minimum Gasteiger partial charge on any atom is -0.384 e. The van der Waals surface area contributed by atoms with E-state index in [1.807, 2.05) is 48.5 Å². The van der Waals surface area contributed by atoms with Crippen LogP contribution >= 0.6 is 81.2 Å². The van der Waals surface area contributed by atoms with Crippen LogP contribution in [0.4, 0.5) is 40.1 Å². The number of halogens is 7. The van der Waals surface area contributed by atoms with Gasteiger partial charge in [-0.25, -0.2) is 15.0 Å². The lowest BCUT2D eigenvalue weighted by Crippen LogP contribution is -2.15. The molecular formula is C72H48Cl7N13O6. The first kappa shape index (κ1) is 69.7. The molecule has 0 spiro atoms. The highest BCUT2D eigenvalue weighted by atomic mass is 35.5. The van der Waals surface area contributed by atoms with Crippen molar-refractivity contribution in [3.63, 3.8) is 0 Å². The molecule has 12 rings (SSSR count). The fraction of sp³-hybridized carbons (Fsp3) is 0. The van der Waals surface area contributed by atoms with Gasteiger partial charge in [0.15, 0.2) is 0 Å². The van der Waals surface area contributed by atoms with Gasteiger partial charge in [-0.05, 0) is 182 Å². The van der Waals surface area contributed by atoms with Crippen molar-refractivity contribution >= 4 is 157 Å². The lowest BCUT2D eigenvalue weighted by atomic mass is 10.1. The zero-order chi connectivity index (χ0) is 69.2. The molecule has 0 atom stereocenters. The van der Waals surface area contributed by atoms with Gasteiger partial charge in [-0.15, -0.1) is 0 Å². The molecule has 0 bridgehead atoms. The summed E-state index contributed by atoms with van der Waals surface area (Å²) >= 11 is 43.6. The van der Waals surface area contributed by atoms with E-state index in [1.54, 1.807) is 128 Å². The zero-order valence-electron chi connectivity index (χ0n) is 50.4. The van der Waals surface area contributed by atoms with Crippen LogP contribution in [-0.4, -0.2) is 65.3 Å².